The van der Waals surface area contributed by atoms with E-state index < -0.39 is 11.4 Å². The van der Waals surface area contributed by atoms with Gasteiger partial charge in [0.05, 0.1) is 5.41 Å². The van der Waals surface area contributed by atoms with Gasteiger partial charge in [0.2, 0.25) is 0 Å². The van der Waals surface area contributed by atoms with E-state index in [9.17, 15) is 9.59 Å². The highest BCUT2D eigenvalue weighted by atomic mass is 16.4. The van der Waals surface area contributed by atoms with Crippen molar-refractivity contribution in [1.29, 1.82) is 0 Å². The molecule has 0 aliphatic carbocycles. The lowest BCUT2D eigenvalue weighted by Crippen LogP contribution is -2.38. The van der Waals surface area contributed by atoms with Gasteiger partial charge in [-0.05, 0) is 31.5 Å². The molecule has 0 aromatic heterocycles. The number of benzene rings is 1. The Morgan fingerprint density at radius 1 is 1.28 bits per heavy atom. The summed E-state index contributed by atoms with van der Waals surface area (Å²) in [6.45, 7) is 3.63. The van der Waals surface area contributed by atoms with E-state index in [1.165, 1.54) is 0 Å². The first kappa shape index (κ1) is 14.2. The topological polar surface area (TPSA) is 92.4 Å². The van der Waals surface area contributed by atoms with Crippen molar-refractivity contribution in [2.45, 2.75) is 20.4 Å². The number of nitrogens with one attached hydrogen (secondary N) is 1. The molecule has 5 nitrogen and oxygen atoms in total. The number of carbonyl (C=O) groups excluding carboxylic acids is 1. The molecule has 0 heterocycles. The Morgan fingerprint density at radius 3 is 2.28 bits per heavy atom. The van der Waals surface area contributed by atoms with Crippen LogP contribution in [0.25, 0.3) is 0 Å². The number of hydrogen-bond donors (Lipinski definition) is 3. The van der Waals surface area contributed by atoms with Gasteiger partial charge in [-0.3, -0.25) is 9.59 Å². The fourth-order valence-electron chi connectivity index (χ4n) is 1.27. The molecule has 1 aromatic carbocycles. The fraction of sp³-hybridized carbons (Fsp3) is 0.385. The molecule has 0 spiro atoms. The van der Waals surface area contributed by atoms with Gasteiger partial charge < -0.3 is 16.2 Å². The number of nitrogens with two attached hydrogens (primary N) is 1. The third kappa shape index (κ3) is 3.56. The second-order valence-corrected chi connectivity index (χ2v) is 4.77. The van der Waals surface area contributed by atoms with E-state index in [0.29, 0.717) is 12.1 Å². The third-order valence-electron chi connectivity index (χ3n) is 2.72. The van der Waals surface area contributed by atoms with E-state index >= 15 is 0 Å². The van der Waals surface area contributed by atoms with E-state index in [2.05, 4.69) is 5.32 Å². The second kappa shape index (κ2) is 5.64. The van der Waals surface area contributed by atoms with Crippen LogP contribution < -0.4 is 11.1 Å². The molecule has 5 heteroatoms. The van der Waals surface area contributed by atoms with Crippen molar-refractivity contribution in [2.75, 3.05) is 6.54 Å². The maximum Gasteiger partial charge on any atom is 0.310 e. The summed E-state index contributed by atoms with van der Waals surface area (Å²) in [4.78, 5) is 22.7. The highest BCUT2D eigenvalue weighted by Gasteiger charge is 2.27. The summed E-state index contributed by atoms with van der Waals surface area (Å²) >= 11 is 0. The minimum absolute atomic E-state index is 0.0831. The van der Waals surface area contributed by atoms with E-state index in [0.717, 1.165) is 5.56 Å². The Hall–Kier alpha value is -1.88. The lowest BCUT2D eigenvalue weighted by molar-refractivity contribution is -0.146. The van der Waals surface area contributed by atoms with Crippen molar-refractivity contribution in [3.05, 3.63) is 35.4 Å². The van der Waals surface area contributed by atoms with Gasteiger partial charge in [0.25, 0.3) is 5.91 Å². The van der Waals surface area contributed by atoms with Crippen LogP contribution in [-0.4, -0.2) is 23.5 Å². The SMILES string of the molecule is CC(C)(CNC(=O)c1ccc(CN)cc1)C(=O)O. The standard InChI is InChI=1S/C13H18N2O3/c1-13(2,12(17)18)8-15-11(16)10-5-3-9(7-14)4-6-10/h3-6H,7-8,14H2,1-2H3,(H,15,16)(H,17,18). The molecule has 0 atom stereocenters. The van der Waals surface area contributed by atoms with Crippen LogP contribution in [0, 0.1) is 5.41 Å². The zero-order chi connectivity index (χ0) is 13.8. The quantitative estimate of drug-likeness (QED) is 0.726. The molecule has 4 N–H and O–H groups in total. The maximum atomic E-state index is 11.8. The van der Waals surface area contributed by atoms with Gasteiger partial charge in [0.15, 0.2) is 0 Å². The smallest absolute Gasteiger partial charge is 0.310 e. The lowest BCUT2D eigenvalue weighted by Gasteiger charge is -2.19. The van der Waals surface area contributed by atoms with Gasteiger partial charge in [-0.2, -0.15) is 0 Å². The van der Waals surface area contributed by atoms with E-state index in [1.54, 1.807) is 38.1 Å². The van der Waals surface area contributed by atoms with E-state index in [4.69, 9.17) is 10.8 Å². The third-order valence-corrected chi connectivity index (χ3v) is 2.72. The van der Waals surface area contributed by atoms with Crippen LogP contribution in [0.5, 0.6) is 0 Å². The first-order valence-electron chi connectivity index (χ1n) is 5.67. The highest BCUT2D eigenvalue weighted by molar-refractivity contribution is 5.94. The van der Waals surface area contributed by atoms with Crippen LogP contribution in [0.1, 0.15) is 29.8 Å². The van der Waals surface area contributed by atoms with Gasteiger partial charge in [-0.15, -0.1) is 0 Å². The molecule has 0 aliphatic rings. The van der Waals surface area contributed by atoms with E-state index in [-0.39, 0.29) is 12.5 Å². The highest BCUT2D eigenvalue weighted by Crippen LogP contribution is 2.13. The van der Waals surface area contributed by atoms with Crippen LogP contribution in [0.3, 0.4) is 0 Å². The summed E-state index contributed by atoms with van der Waals surface area (Å²) in [5.74, 6) is -1.23. The molecule has 0 fully saturated rings. The predicted octanol–water partition coefficient (Wildman–Crippen LogP) is 0.986. The molecule has 98 valence electrons. The molecule has 1 rings (SSSR count). The summed E-state index contributed by atoms with van der Waals surface area (Å²) < 4.78 is 0. The van der Waals surface area contributed by atoms with Crippen molar-refractivity contribution in [2.24, 2.45) is 11.1 Å². The Labute approximate surface area is 106 Å². The number of aliphatic carboxylic acids is 1. The number of hydrogen-bond acceptors (Lipinski definition) is 3. The molecule has 1 amide bonds. The predicted molar refractivity (Wildman–Crippen MR) is 68.1 cm³/mol. The summed E-state index contributed by atoms with van der Waals surface area (Å²) in [5.41, 5.74) is 5.92. The summed E-state index contributed by atoms with van der Waals surface area (Å²) in [5, 5.41) is 11.5. The Kier molecular flexibility index (Phi) is 4.44. The summed E-state index contributed by atoms with van der Waals surface area (Å²) in [6, 6.07) is 6.89. The second-order valence-electron chi connectivity index (χ2n) is 4.77. The van der Waals surface area contributed by atoms with Gasteiger partial charge in [0.1, 0.15) is 0 Å². The molecular formula is C13H18N2O3. The Morgan fingerprint density at radius 2 is 1.83 bits per heavy atom. The van der Waals surface area contributed by atoms with Crippen LogP contribution in [0.2, 0.25) is 0 Å². The van der Waals surface area contributed by atoms with Crippen molar-refractivity contribution in [3.63, 3.8) is 0 Å². The summed E-state index contributed by atoms with van der Waals surface area (Å²) in [7, 11) is 0. The molecule has 0 saturated carbocycles. The number of rotatable bonds is 5. The average Bonchev–Trinajstić information content (AvgIpc) is 2.36. The Bertz CT molecular complexity index is 438. The molecule has 0 unspecified atom stereocenters. The maximum absolute atomic E-state index is 11.8. The normalized spacial score (nSPS) is 11.1. The molecule has 18 heavy (non-hydrogen) atoms. The number of carboxylic acids is 1. The van der Waals surface area contributed by atoms with Crippen molar-refractivity contribution >= 4 is 11.9 Å². The van der Waals surface area contributed by atoms with Crippen molar-refractivity contribution < 1.29 is 14.7 Å². The van der Waals surface area contributed by atoms with Crippen LogP contribution in [0.4, 0.5) is 0 Å². The molecular weight excluding hydrogens is 232 g/mol. The molecule has 0 aliphatic heterocycles. The van der Waals surface area contributed by atoms with Gasteiger partial charge in [-0.1, -0.05) is 12.1 Å². The number of carboxylic acid groups (broad SMARTS) is 1. The van der Waals surface area contributed by atoms with Crippen LogP contribution >= 0.6 is 0 Å². The molecule has 0 saturated heterocycles. The largest absolute Gasteiger partial charge is 0.481 e. The zero-order valence-electron chi connectivity index (χ0n) is 10.6. The van der Waals surface area contributed by atoms with E-state index in [1.807, 2.05) is 0 Å². The zero-order valence-corrected chi connectivity index (χ0v) is 10.6. The van der Waals surface area contributed by atoms with Gasteiger partial charge in [0, 0.05) is 18.7 Å². The first-order chi connectivity index (χ1) is 8.36. The summed E-state index contributed by atoms with van der Waals surface area (Å²) in [6.07, 6.45) is 0. The van der Waals surface area contributed by atoms with Crippen molar-refractivity contribution in [3.8, 4) is 0 Å². The minimum Gasteiger partial charge on any atom is -0.481 e. The number of amides is 1. The average molecular weight is 250 g/mol. The minimum atomic E-state index is -0.979. The Balaban J connectivity index is 2.63. The monoisotopic (exact) mass is 250 g/mol. The van der Waals surface area contributed by atoms with Crippen LogP contribution in [-0.2, 0) is 11.3 Å². The molecule has 0 radical (unpaired) electrons. The van der Waals surface area contributed by atoms with Gasteiger partial charge >= 0.3 is 5.97 Å². The van der Waals surface area contributed by atoms with Crippen LogP contribution in [0.15, 0.2) is 24.3 Å². The first-order valence-corrected chi connectivity index (χ1v) is 5.67. The molecule has 1 aromatic rings. The molecule has 0 bridgehead atoms. The van der Waals surface area contributed by atoms with Gasteiger partial charge in [-0.25, -0.2) is 0 Å². The van der Waals surface area contributed by atoms with Crippen molar-refractivity contribution in [1.82, 2.24) is 5.32 Å². The number of carbonyl (C=O) groups is 2. The lowest BCUT2D eigenvalue weighted by atomic mass is 9.94. The fourth-order valence-corrected chi connectivity index (χ4v) is 1.27.